The summed E-state index contributed by atoms with van der Waals surface area (Å²) in [7, 11) is -3.79. The summed E-state index contributed by atoms with van der Waals surface area (Å²) in [5.41, 5.74) is 0. The molecule has 1 heterocycles. The first-order valence-corrected chi connectivity index (χ1v) is 8.42. The fourth-order valence-corrected chi connectivity index (χ4v) is 4.48. The number of sulfonamides is 1. The second-order valence-corrected chi connectivity index (χ2v) is 7.21. The van der Waals surface area contributed by atoms with Crippen LogP contribution in [0.2, 0.25) is 10.0 Å². The van der Waals surface area contributed by atoms with Gasteiger partial charge in [0.25, 0.3) is 0 Å². The molecule has 0 saturated carbocycles. The fraction of sp³-hybridized carbons (Fsp3) is 0.200. The summed E-state index contributed by atoms with van der Waals surface area (Å²) < 4.78 is 27.4. The summed E-state index contributed by atoms with van der Waals surface area (Å²) in [5.74, 6) is 0.584. The SMILES string of the molecule is O=S(=O)(NCCc1ncn[nH]1)c1c(Cl)cc(Br)cc1Cl. The first-order valence-electron chi connectivity index (χ1n) is 5.38. The Kier molecular flexibility index (Phi) is 5.03. The van der Waals surface area contributed by atoms with E-state index in [9.17, 15) is 8.42 Å². The molecule has 0 aliphatic carbocycles. The van der Waals surface area contributed by atoms with Gasteiger partial charge in [0.05, 0.1) is 10.0 Å². The maximum Gasteiger partial charge on any atom is 0.243 e. The number of aromatic nitrogens is 3. The van der Waals surface area contributed by atoms with Crippen LogP contribution in [0, 0.1) is 0 Å². The summed E-state index contributed by atoms with van der Waals surface area (Å²) >= 11 is 15.1. The number of nitrogens with zero attached hydrogens (tertiary/aromatic N) is 2. The lowest BCUT2D eigenvalue weighted by molar-refractivity contribution is 0.581. The standard InChI is InChI=1S/C10H9BrCl2N4O2S/c11-6-3-7(12)10(8(13)4-6)20(18,19)16-2-1-9-14-5-15-17-9/h3-5,16H,1-2H2,(H,14,15,17). The molecule has 6 nitrogen and oxygen atoms in total. The van der Waals surface area contributed by atoms with Gasteiger partial charge in [0.1, 0.15) is 17.0 Å². The predicted octanol–water partition coefficient (Wildman–Crippen LogP) is 2.40. The van der Waals surface area contributed by atoms with E-state index in [4.69, 9.17) is 23.2 Å². The highest BCUT2D eigenvalue weighted by atomic mass is 79.9. The van der Waals surface area contributed by atoms with E-state index in [1.54, 1.807) is 0 Å². The van der Waals surface area contributed by atoms with Crippen molar-refractivity contribution in [3.63, 3.8) is 0 Å². The van der Waals surface area contributed by atoms with Gasteiger partial charge in [0.15, 0.2) is 0 Å². The number of H-pyrrole nitrogens is 1. The van der Waals surface area contributed by atoms with Crippen molar-refractivity contribution in [1.29, 1.82) is 0 Å². The Labute approximate surface area is 134 Å². The van der Waals surface area contributed by atoms with Gasteiger partial charge in [-0.1, -0.05) is 39.1 Å². The molecule has 0 atom stereocenters. The number of nitrogens with one attached hydrogen (secondary N) is 2. The fourth-order valence-electron chi connectivity index (χ4n) is 1.51. The van der Waals surface area contributed by atoms with E-state index in [0.29, 0.717) is 16.7 Å². The van der Waals surface area contributed by atoms with Crippen LogP contribution in [-0.2, 0) is 16.4 Å². The van der Waals surface area contributed by atoms with Gasteiger partial charge in [0, 0.05) is 17.4 Å². The summed E-state index contributed by atoms with van der Waals surface area (Å²) in [6.07, 6.45) is 1.73. The van der Waals surface area contributed by atoms with Crippen LogP contribution >= 0.6 is 39.1 Å². The lowest BCUT2D eigenvalue weighted by atomic mass is 10.4. The smallest absolute Gasteiger partial charge is 0.243 e. The van der Waals surface area contributed by atoms with Gasteiger partial charge < -0.3 is 0 Å². The van der Waals surface area contributed by atoms with Crippen molar-refractivity contribution < 1.29 is 8.42 Å². The minimum absolute atomic E-state index is 0.0524. The van der Waals surface area contributed by atoms with Crippen molar-refractivity contribution in [3.8, 4) is 0 Å². The minimum atomic E-state index is -3.79. The van der Waals surface area contributed by atoms with Crippen LogP contribution in [0.4, 0.5) is 0 Å². The third kappa shape index (κ3) is 3.70. The average Bonchev–Trinajstić information content (AvgIpc) is 2.79. The van der Waals surface area contributed by atoms with E-state index in [2.05, 4.69) is 35.8 Å². The van der Waals surface area contributed by atoms with E-state index in [1.165, 1.54) is 18.5 Å². The van der Waals surface area contributed by atoms with Gasteiger partial charge in [-0.05, 0) is 12.1 Å². The molecule has 0 fully saturated rings. The first kappa shape index (κ1) is 15.7. The molecule has 1 aromatic heterocycles. The second-order valence-electron chi connectivity index (χ2n) is 3.78. The summed E-state index contributed by atoms with van der Waals surface area (Å²) in [6, 6.07) is 2.94. The number of halogens is 3. The van der Waals surface area contributed by atoms with Crippen LogP contribution in [0.15, 0.2) is 27.8 Å². The van der Waals surface area contributed by atoms with Gasteiger partial charge in [-0.25, -0.2) is 18.1 Å². The predicted molar refractivity (Wildman–Crippen MR) is 79.4 cm³/mol. The summed E-state index contributed by atoms with van der Waals surface area (Å²) in [6.45, 7) is 0.153. The zero-order chi connectivity index (χ0) is 14.8. The van der Waals surface area contributed by atoms with Crippen molar-refractivity contribution in [2.75, 3.05) is 6.54 Å². The van der Waals surface area contributed by atoms with Gasteiger partial charge in [-0.15, -0.1) is 0 Å². The van der Waals surface area contributed by atoms with Crippen LogP contribution < -0.4 is 4.72 Å². The molecule has 2 rings (SSSR count). The van der Waals surface area contributed by atoms with Crippen molar-refractivity contribution in [2.24, 2.45) is 0 Å². The first-order chi connectivity index (χ1) is 9.40. The molecule has 20 heavy (non-hydrogen) atoms. The quantitative estimate of drug-likeness (QED) is 0.807. The van der Waals surface area contributed by atoms with Crippen LogP contribution in [0.3, 0.4) is 0 Å². The van der Waals surface area contributed by atoms with E-state index in [1.807, 2.05) is 0 Å². The van der Waals surface area contributed by atoms with Crippen molar-refractivity contribution in [3.05, 3.63) is 38.8 Å². The Morgan fingerprint density at radius 2 is 1.95 bits per heavy atom. The van der Waals surface area contributed by atoms with Crippen molar-refractivity contribution in [1.82, 2.24) is 19.9 Å². The number of aromatic amines is 1. The molecule has 0 bridgehead atoms. The van der Waals surface area contributed by atoms with Crippen molar-refractivity contribution >= 4 is 49.2 Å². The summed E-state index contributed by atoms with van der Waals surface area (Å²) in [5, 5.41) is 6.42. The molecule has 0 saturated heterocycles. The molecule has 1 aromatic carbocycles. The molecule has 108 valence electrons. The Hall–Kier alpha value is -0.670. The molecule has 0 aliphatic rings. The van der Waals surface area contributed by atoms with Crippen LogP contribution in [0.1, 0.15) is 5.82 Å². The number of hydrogen-bond acceptors (Lipinski definition) is 4. The van der Waals surface area contributed by atoms with Crippen LogP contribution in [0.25, 0.3) is 0 Å². The monoisotopic (exact) mass is 398 g/mol. The molecule has 0 amide bonds. The molecule has 0 aliphatic heterocycles. The lowest BCUT2D eigenvalue weighted by Gasteiger charge is -2.10. The van der Waals surface area contributed by atoms with E-state index >= 15 is 0 Å². The van der Waals surface area contributed by atoms with E-state index in [0.717, 1.165) is 0 Å². The second kappa shape index (κ2) is 6.40. The average molecular weight is 400 g/mol. The highest BCUT2D eigenvalue weighted by Gasteiger charge is 2.22. The van der Waals surface area contributed by atoms with Crippen molar-refractivity contribution in [2.45, 2.75) is 11.3 Å². The maximum atomic E-state index is 12.2. The van der Waals surface area contributed by atoms with Crippen LogP contribution in [-0.4, -0.2) is 30.1 Å². The number of hydrogen-bond donors (Lipinski definition) is 2. The zero-order valence-electron chi connectivity index (χ0n) is 9.90. The third-order valence-corrected chi connectivity index (χ3v) is 5.19. The molecular formula is C10H9BrCl2N4O2S. The van der Waals surface area contributed by atoms with Gasteiger partial charge in [-0.3, -0.25) is 5.10 Å². The van der Waals surface area contributed by atoms with Gasteiger partial charge in [0.2, 0.25) is 10.0 Å². The molecule has 0 unspecified atom stereocenters. The van der Waals surface area contributed by atoms with Crippen LogP contribution in [0.5, 0.6) is 0 Å². The zero-order valence-corrected chi connectivity index (χ0v) is 13.8. The maximum absolute atomic E-state index is 12.2. The van der Waals surface area contributed by atoms with Gasteiger partial charge >= 0.3 is 0 Å². The molecular weight excluding hydrogens is 391 g/mol. The lowest BCUT2D eigenvalue weighted by Crippen LogP contribution is -2.26. The third-order valence-electron chi connectivity index (χ3n) is 2.35. The normalized spacial score (nSPS) is 11.8. The summed E-state index contributed by atoms with van der Waals surface area (Å²) in [4.78, 5) is 3.76. The highest BCUT2D eigenvalue weighted by molar-refractivity contribution is 9.10. The molecule has 0 radical (unpaired) electrons. The Morgan fingerprint density at radius 3 is 2.50 bits per heavy atom. The molecule has 2 aromatic rings. The highest BCUT2D eigenvalue weighted by Crippen LogP contribution is 2.32. The Morgan fingerprint density at radius 1 is 1.30 bits per heavy atom. The molecule has 2 N–H and O–H groups in total. The largest absolute Gasteiger partial charge is 0.263 e. The topological polar surface area (TPSA) is 87.7 Å². The van der Waals surface area contributed by atoms with E-state index < -0.39 is 10.0 Å². The minimum Gasteiger partial charge on any atom is -0.263 e. The number of rotatable bonds is 5. The Balaban J connectivity index is 2.14. The molecule has 0 spiro atoms. The van der Waals surface area contributed by atoms with E-state index in [-0.39, 0.29) is 21.5 Å². The number of benzene rings is 1. The van der Waals surface area contributed by atoms with Gasteiger partial charge in [-0.2, -0.15) is 5.10 Å². The molecule has 10 heteroatoms. The Bertz CT molecular complexity index is 683.